The van der Waals surface area contributed by atoms with Gasteiger partial charge in [-0.15, -0.1) is 0 Å². The van der Waals surface area contributed by atoms with Crippen LogP contribution in [0.5, 0.6) is 0 Å². The first-order chi connectivity index (χ1) is 18.1. The molecule has 2 aromatic heterocycles. The van der Waals surface area contributed by atoms with E-state index in [2.05, 4.69) is 102 Å². The quantitative estimate of drug-likeness (QED) is 0.278. The summed E-state index contributed by atoms with van der Waals surface area (Å²) < 4.78 is 2.15. The van der Waals surface area contributed by atoms with Crippen molar-refractivity contribution < 1.29 is 0 Å². The zero-order chi connectivity index (χ0) is 25.1. The van der Waals surface area contributed by atoms with Gasteiger partial charge in [0.05, 0.1) is 11.0 Å². The minimum Gasteiger partial charge on any atom is -0.397 e. The number of fused-ring (bicyclic) bond motifs is 4. The van der Waals surface area contributed by atoms with E-state index >= 15 is 0 Å². The Bertz CT molecular complexity index is 1740. The Morgan fingerprint density at radius 2 is 1.14 bits per heavy atom. The van der Waals surface area contributed by atoms with E-state index in [1.54, 1.807) is 0 Å². The second kappa shape index (κ2) is 8.20. The van der Waals surface area contributed by atoms with Gasteiger partial charge < -0.3 is 9.62 Å². The molecule has 0 aliphatic carbocycles. The van der Waals surface area contributed by atoms with Crippen molar-refractivity contribution in [3.05, 3.63) is 97.1 Å². The molecule has 0 saturated carbocycles. The molecule has 0 amide bonds. The Morgan fingerprint density at radius 1 is 0.568 bits per heavy atom. The number of anilines is 2. The van der Waals surface area contributed by atoms with E-state index in [0.29, 0.717) is 17.6 Å². The molecule has 0 unspecified atom stereocenters. The molecule has 6 aromatic rings. The molecule has 1 aliphatic heterocycles. The van der Waals surface area contributed by atoms with Gasteiger partial charge in [-0.1, -0.05) is 66.7 Å². The number of para-hydroxylation sites is 2. The SMILES string of the molecule is CB1N(C)c2ccc(-c3nc(-c4ccccc4)nc(-n4c5ccccc5c5ccccc54)n3)cc2N1C. The summed E-state index contributed by atoms with van der Waals surface area (Å²) in [6.45, 7) is 2.49. The molecule has 0 N–H and O–H groups in total. The molecular weight excluding hydrogens is 455 g/mol. The summed E-state index contributed by atoms with van der Waals surface area (Å²) in [5.41, 5.74) is 6.45. The zero-order valence-corrected chi connectivity index (χ0v) is 21.0. The molecule has 4 aromatic carbocycles. The van der Waals surface area contributed by atoms with Crippen LogP contribution in [0, 0.1) is 0 Å². The van der Waals surface area contributed by atoms with E-state index < -0.39 is 0 Å². The van der Waals surface area contributed by atoms with Crippen LogP contribution >= 0.6 is 0 Å². The fraction of sp³-hybridized carbons (Fsp3) is 0.100. The lowest BCUT2D eigenvalue weighted by Crippen LogP contribution is -2.41. The summed E-state index contributed by atoms with van der Waals surface area (Å²) in [6.07, 6.45) is 0. The monoisotopic (exact) mass is 480 g/mol. The number of nitrogens with zero attached hydrogens (tertiary/aromatic N) is 6. The highest BCUT2D eigenvalue weighted by Crippen LogP contribution is 2.39. The average molecular weight is 480 g/mol. The van der Waals surface area contributed by atoms with E-state index in [1.165, 1.54) is 22.1 Å². The molecule has 178 valence electrons. The van der Waals surface area contributed by atoms with Crippen molar-refractivity contribution in [3.8, 4) is 28.7 Å². The smallest absolute Gasteiger partial charge is 0.371 e. The Morgan fingerprint density at radius 3 is 1.81 bits per heavy atom. The normalized spacial score (nSPS) is 13.1. The van der Waals surface area contributed by atoms with Crippen molar-refractivity contribution in [2.24, 2.45) is 0 Å². The topological polar surface area (TPSA) is 50.1 Å². The summed E-state index contributed by atoms with van der Waals surface area (Å²) in [5.74, 6) is 1.92. The van der Waals surface area contributed by atoms with E-state index in [-0.39, 0.29) is 6.98 Å². The van der Waals surface area contributed by atoms with Crippen LogP contribution in [0.2, 0.25) is 6.82 Å². The molecular formula is C30H25BN6. The van der Waals surface area contributed by atoms with Crippen LogP contribution in [0.4, 0.5) is 11.4 Å². The number of benzene rings is 4. The predicted molar refractivity (Wildman–Crippen MR) is 153 cm³/mol. The molecule has 6 nitrogen and oxygen atoms in total. The molecule has 0 bridgehead atoms. The third kappa shape index (κ3) is 3.31. The minimum absolute atomic E-state index is 0.289. The summed E-state index contributed by atoms with van der Waals surface area (Å²) in [5, 5.41) is 2.36. The van der Waals surface area contributed by atoms with Gasteiger partial charge in [0.1, 0.15) is 0 Å². The van der Waals surface area contributed by atoms with Crippen molar-refractivity contribution in [2.45, 2.75) is 6.82 Å². The number of hydrogen-bond acceptors (Lipinski definition) is 5. The van der Waals surface area contributed by atoms with Crippen LogP contribution in [-0.4, -0.2) is 40.6 Å². The molecule has 7 heteroatoms. The largest absolute Gasteiger partial charge is 0.397 e. The standard InChI is InChI=1S/C30H25BN6/c1-31-35(2)26-18-17-21(19-27(26)36(31)3)29-32-28(20-11-5-4-6-12-20)33-30(34-29)37-24-15-9-7-13-22(24)23-14-8-10-16-25(23)37/h4-19H,1-3H3. The third-order valence-corrected chi connectivity index (χ3v) is 7.55. The summed E-state index contributed by atoms with van der Waals surface area (Å²) in [4.78, 5) is 19.6. The summed E-state index contributed by atoms with van der Waals surface area (Å²) >= 11 is 0. The summed E-state index contributed by atoms with van der Waals surface area (Å²) in [7, 11) is 4.26. The second-order valence-electron chi connectivity index (χ2n) is 9.58. The van der Waals surface area contributed by atoms with Gasteiger partial charge in [-0.3, -0.25) is 4.57 Å². The first kappa shape index (κ1) is 21.6. The van der Waals surface area contributed by atoms with Crippen LogP contribution in [0.1, 0.15) is 0 Å². The lowest BCUT2D eigenvalue weighted by atomic mass is 9.78. The van der Waals surface area contributed by atoms with Crippen LogP contribution < -0.4 is 9.62 Å². The fourth-order valence-electron chi connectivity index (χ4n) is 5.35. The molecule has 0 radical (unpaired) electrons. The van der Waals surface area contributed by atoms with E-state index in [9.17, 15) is 0 Å². The van der Waals surface area contributed by atoms with Gasteiger partial charge in [0.15, 0.2) is 11.6 Å². The first-order valence-electron chi connectivity index (χ1n) is 12.5. The van der Waals surface area contributed by atoms with Crippen molar-refractivity contribution in [2.75, 3.05) is 23.7 Å². The zero-order valence-electron chi connectivity index (χ0n) is 21.0. The minimum atomic E-state index is 0.289. The predicted octanol–water partition coefficient (Wildman–Crippen LogP) is 6.31. The molecule has 7 rings (SSSR count). The maximum Gasteiger partial charge on any atom is 0.371 e. The lowest BCUT2D eigenvalue weighted by molar-refractivity contribution is 0.953. The van der Waals surface area contributed by atoms with Gasteiger partial charge in [-0.2, -0.15) is 9.97 Å². The Hall–Kier alpha value is -4.65. The lowest BCUT2D eigenvalue weighted by Gasteiger charge is -2.18. The maximum atomic E-state index is 5.07. The fourth-order valence-corrected chi connectivity index (χ4v) is 5.35. The van der Waals surface area contributed by atoms with E-state index in [1.807, 2.05) is 30.3 Å². The van der Waals surface area contributed by atoms with Gasteiger partial charge in [-0.05, 0) is 51.3 Å². The van der Waals surface area contributed by atoms with Gasteiger partial charge >= 0.3 is 6.98 Å². The van der Waals surface area contributed by atoms with Crippen molar-refractivity contribution in [1.82, 2.24) is 19.5 Å². The highest BCUT2D eigenvalue weighted by molar-refractivity contribution is 6.68. The average Bonchev–Trinajstić information content (AvgIpc) is 3.40. The van der Waals surface area contributed by atoms with Crippen LogP contribution in [0.3, 0.4) is 0 Å². The number of aromatic nitrogens is 4. The van der Waals surface area contributed by atoms with E-state index in [4.69, 9.17) is 15.0 Å². The van der Waals surface area contributed by atoms with Gasteiger partial charge in [0.25, 0.3) is 0 Å². The third-order valence-electron chi connectivity index (χ3n) is 7.55. The highest BCUT2D eigenvalue weighted by atomic mass is 15.3. The van der Waals surface area contributed by atoms with Crippen LogP contribution in [-0.2, 0) is 0 Å². The molecule has 0 spiro atoms. The van der Waals surface area contributed by atoms with E-state index in [0.717, 1.165) is 22.2 Å². The molecule has 0 saturated heterocycles. The Labute approximate surface area is 216 Å². The molecule has 0 atom stereocenters. The van der Waals surface area contributed by atoms with Crippen molar-refractivity contribution >= 4 is 40.2 Å². The van der Waals surface area contributed by atoms with Crippen molar-refractivity contribution in [3.63, 3.8) is 0 Å². The first-order valence-corrected chi connectivity index (χ1v) is 12.5. The molecule has 1 aliphatic rings. The maximum absolute atomic E-state index is 5.07. The highest BCUT2D eigenvalue weighted by Gasteiger charge is 2.32. The second-order valence-corrected chi connectivity index (χ2v) is 9.58. The van der Waals surface area contributed by atoms with Gasteiger partial charge in [-0.25, -0.2) is 4.98 Å². The number of hydrogen-bond donors (Lipinski definition) is 0. The molecule has 3 heterocycles. The molecule has 0 fully saturated rings. The number of rotatable bonds is 3. The van der Waals surface area contributed by atoms with Crippen LogP contribution in [0.25, 0.3) is 50.5 Å². The van der Waals surface area contributed by atoms with Crippen LogP contribution in [0.15, 0.2) is 97.1 Å². The Balaban J connectivity index is 1.50. The summed E-state index contributed by atoms with van der Waals surface area (Å²) in [6, 6.07) is 33.4. The molecule has 37 heavy (non-hydrogen) atoms. The van der Waals surface area contributed by atoms with Gasteiger partial charge in [0, 0.05) is 33.3 Å². The van der Waals surface area contributed by atoms with Crippen molar-refractivity contribution in [1.29, 1.82) is 0 Å². The van der Waals surface area contributed by atoms with Gasteiger partial charge in [0.2, 0.25) is 5.95 Å². The Kier molecular flexibility index (Phi) is 4.79.